The van der Waals surface area contributed by atoms with Gasteiger partial charge in [0.25, 0.3) is 0 Å². The largest absolute Gasteiger partial charge is 0.477 e. The van der Waals surface area contributed by atoms with E-state index in [0.717, 1.165) is 10.4 Å². The Morgan fingerprint density at radius 2 is 2.39 bits per heavy atom. The molecule has 0 bridgehead atoms. The van der Waals surface area contributed by atoms with Crippen LogP contribution in [-0.2, 0) is 17.7 Å². The molecule has 0 saturated heterocycles. The zero-order valence-corrected chi connectivity index (χ0v) is 10.5. The van der Waals surface area contributed by atoms with Crippen molar-refractivity contribution in [1.29, 1.82) is 0 Å². The predicted octanol–water partition coefficient (Wildman–Crippen LogP) is 2.13. The quantitative estimate of drug-likeness (QED) is 0.852. The second kappa shape index (κ2) is 5.22. The highest BCUT2D eigenvalue weighted by atomic mass is 32.1. The molecule has 5 nitrogen and oxygen atoms in total. The van der Waals surface area contributed by atoms with Crippen LogP contribution in [-0.4, -0.2) is 35.2 Å². The van der Waals surface area contributed by atoms with Crippen LogP contribution in [0.3, 0.4) is 0 Å². The number of amides is 1. The minimum absolute atomic E-state index is 0.188. The second-order valence-corrected chi connectivity index (χ2v) is 5.04. The highest BCUT2D eigenvalue weighted by Crippen LogP contribution is 2.28. The van der Waals surface area contributed by atoms with E-state index >= 15 is 0 Å². The Morgan fingerprint density at radius 1 is 1.61 bits per heavy atom. The van der Waals surface area contributed by atoms with Gasteiger partial charge in [-0.1, -0.05) is 12.7 Å². The lowest BCUT2D eigenvalue weighted by Crippen LogP contribution is -2.35. The van der Waals surface area contributed by atoms with Crippen molar-refractivity contribution in [3.05, 3.63) is 34.0 Å². The van der Waals surface area contributed by atoms with E-state index in [2.05, 4.69) is 6.58 Å². The maximum Gasteiger partial charge on any atom is 0.410 e. The molecule has 1 aromatic heterocycles. The van der Waals surface area contributed by atoms with E-state index in [-0.39, 0.29) is 12.7 Å². The molecule has 0 saturated carbocycles. The molecule has 18 heavy (non-hydrogen) atoms. The van der Waals surface area contributed by atoms with E-state index in [1.54, 1.807) is 11.0 Å². The maximum atomic E-state index is 11.7. The van der Waals surface area contributed by atoms with Gasteiger partial charge in [-0.05, 0) is 18.1 Å². The number of carboxylic acids is 1. The molecule has 0 aromatic carbocycles. The van der Waals surface area contributed by atoms with Gasteiger partial charge in [0.1, 0.15) is 11.5 Å². The fraction of sp³-hybridized carbons (Fsp3) is 0.333. The first-order chi connectivity index (χ1) is 8.61. The van der Waals surface area contributed by atoms with Crippen LogP contribution in [0, 0.1) is 0 Å². The highest BCUT2D eigenvalue weighted by molar-refractivity contribution is 7.14. The van der Waals surface area contributed by atoms with Crippen LogP contribution in [0.4, 0.5) is 4.79 Å². The molecule has 0 aliphatic carbocycles. The van der Waals surface area contributed by atoms with E-state index in [9.17, 15) is 9.59 Å². The van der Waals surface area contributed by atoms with Crippen molar-refractivity contribution in [3.63, 3.8) is 0 Å². The van der Waals surface area contributed by atoms with Crippen molar-refractivity contribution < 1.29 is 19.4 Å². The molecule has 0 atom stereocenters. The number of aromatic carboxylic acids is 1. The zero-order chi connectivity index (χ0) is 13.1. The standard InChI is InChI=1S/C12H13NO4S/c1-2-5-17-12(16)13-4-3-8-6-9(11(14)15)18-10(8)7-13/h2,6H,1,3-5,7H2,(H,14,15). The molecule has 1 aliphatic heterocycles. The van der Waals surface area contributed by atoms with Gasteiger partial charge in [-0.3, -0.25) is 0 Å². The summed E-state index contributed by atoms with van der Waals surface area (Å²) < 4.78 is 4.96. The fourth-order valence-corrected chi connectivity index (χ4v) is 2.87. The summed E-state index contributed by atoms with van der Waals surface area (Å²) in [5, 5.41) is 8.92. The Labute approximate surface area is 108 Å². The van der Waals surface area contributed by atoms with Crippen LogP contribution in [0.15, 0.2) is 18.7 Å². The van der Waals surface area contributed by atoms with Gasteiger partial charge >= 0.3 is 12.1 Å². The third-order valence-corrected chi connectivity index (χ3v) is 3.83. The summed E-state index contributed by atoms with van der Waals surface area (Å²) in [6.07, 6.45) is 1.80. The van der Waals surface area contributed by atoms with Crippen molar-refractivity contribution in [2.75, 3.05) is 13.2 Å². The molecular formula is C12H13NO4S. The smallest absolute Gasteiger partial charge is 0.410 e. The van der Waals surface area contributed by atoms with Gasteiger partial charge in [0.05, 0.1) is 6.54 Å². The number of nitrogens with zero attached hydrogens (tertiary/aromatic N) is 1. The second-order valence-electron chi connectivity index (χ2n) is 3.90. The molecule has 1 aromatic rings. The first kappa shape index (κ1) is 12.6. The topological polar surface area (TPSA) is 66.8 Å². The summed E-state index contributed by atoms with van der Waals surface area (Å²) in [5.41, 5.74) is 1.02. The number of ether oxygens (including phenoxy) is 1. The monoisotopic (exact) mass is 267 g/mol. The fourth-order valence-electron chi connectivity index (χ4n) is 1.80. The van der Waals surface area contributed by atoms with Gasteiger partial charge in [0, 0.05) is 11.4 Å². The van der Waals surface area contributed by atoms with Crippen molar-refractivity contribution in [2.24, 2.45) is 0 Å². The Bertz CT molecular complexity index is 494. The summed E-state index contributed by atoms with van der Waals surface area (Å²) in [7, 11) is 0. The Morgan fingerprint density at radius 3 is 3.06 bits per heavy atom. The zero-order valence-electron chi connectivity index (χ0n) is 9.72. The number of carbonyl (C=O) groups is 2. The lowest BCUT2D eigenvalue weighted by molar-refractivity contribution is 0.0702. The van der Waals surface area contributed by atoms with Gasteiger partial charge < -0.3 is 14.7 Å². The molecule has 1 aliphatic rings. The molecule has 0 spiro atoms. The number of hydrogen-bond acceptors (Lipinski definition) is 4. The molecule has 96 valence electrons. The lowest BCUT2D eigenvalue weighted by Gasteiger charge is -2.25. The van der Waals surface area contributed by atoms with Crippen molar-refractivity contribution in [2.45, 2.75) is 13.0 Å². The molecule has 2 rings (SSSR count). The number of carboxylic acid groups (broad SMARTS) is 1. The van der Waals surface area contributed by atoms with E-state index in [1.807, 2.05) is 0 Å². The van der Waals surface area contributed by atoms with Crippen LogP contribution >= 0.6 is 11.3 Å². The molecule has 6 heteroatoms. The number of thiophene rings is 1. The summed E-state index contributed by atoms with van der Waals surface area (Å²) in [5.74, 6) is -0.921. The molecule has 1 amide bonds. The van der Waals surface area contributed by atoms with E-state index in [0.29, 0.717) is 24.4 Å². The van der Waals surface area contributed by atoms with E-state index < -0.39 is 5.97 Å². The summed E-state index contributed by atoms with van der Waals surface area (Å²) in [4.78, 5) is 25.3. The van der Waals surface area contributed by atoms with E-state index in [1.165, 1.54) is 17.4 Å². The first-order valence-electron chi connectivity index (χ1n) is 5.49. The van der Waals surface area contributed by atoms with E-state index in [4.69, 9.17) is 9.84 Å². The molecule has 1 N–H and O–H groups in total. The van der Waals surface area contributed by atoms with Gasteiger partial charge in [-0.25, -0.2) is 9.59 Å². The maximum absolute atomic E-state index is 11.7. The van der Waals surface area contributed by atoms with Gasteiger partial charge in [-0.2, -0.15) is 0 Å². The summed E-state index contributed by atoms with van der Waals surface area (Å²) in [6.45, 7) is 4.64. The average Bonchev–Trinajstić information content (AvgIpc) is 2.78. The van der Waals surface area contributed by atoms with Crippen LogP contribution in [0.2, 0.25) is 0 Å². The normalized spacial score (nSPS) is 13.9. The number of rotatable bonds is 3. The summed E-state index contributed by atoms with van der Waals surface area (Å²) in [6, 6.07) is 1.69. The Hall–Kier alpha value is -1.82. The molecule has 0 unspecified atom stereocenters. The van der Waals surface area contributed by atoms with Crippen LogP contribution in [0.5, 0.6) is 0 Å². The van der Waals surface area contributed by atoms with Crippen LogP contribution < -0.4 is 0 Å². The Kier molecular flexibility index (Phi) is 3.66. The van der Waals surface area contributed by atoms with Gasteiger partial charge in [-0.15, -0.1) is 11.3 Å². The molecule has 0 radical (unpaired) electrons. The van der Waals surface area contributed by atoms with Crippen molar-refractivity contribution in [3.8, 4) is 0 Å². The third kappa shape index (κ3) is 2.53. The number of carbonyl (C=O) groups excluding carboxylic acids is 1. The molecule has 0 fully saturated rings. The predicted molar refractivity (Wildman–Crippen MR) is 66.9 cm³/mol. The lowest BCUT2D eigenvalue weighted by atomic mass is 10.1. The van der Waals surface area contributed by atoms with Crippen molar-refractivity contribution >= 4 is 23.4 Å². The third-order valence-electron chi connectivity index (χ3n) is 2.68. The number of fused-ring (bicyclic) bond motifs is 1. The minimum Gasteiger partial charge on any atom is -0.477 e. The van der Waals surface area contributed by atoms with Crippen molar-refractivity contribution in [1.82, 2.24) is 4.90 Å². The minimum atomic E-state index is -0.921. The number of hydrogen-bond donors (Lipinski definition) is 1. The van der Waals surface area contributed by atoms with Crippen LogP contribution in [0.25, 0.3) is 0 Å². The summed E-state index contributed by atoms with van der Waals surface area (Å²) >= 11 is 1.22. The SMILES string of the molecule is C=CCOC(=O)N1CCc2cc(C(=O)O)sc2C1. The molecular weight excluding hydrogens is 254 g/mol. The highest BCUT2D eigenvalue weighted by Gasteiger charge is 2.24. The van der Waals surface area contributed by atoms with Gasteiger partial charge in [0.2, 0.25) is 0 Å². The molecule has 2 heterocycles. The van der Waals surface area contributed by atoms with Crippen LogP contribution in [0.1, 0.15) is 20.1 Å². The average molecular weight is 267 g/mol. The van der Waals surface area contributed by atoms with Gasteiger partial charge in [0.15, 0.2) is 0 Å². The first-order valence-corrected chi connectivity index (χ1v) is 6.31. The Balaban J connectivity index is 2.07.